The third-order valence-electron chi connectivity index (χ3n) is 4.18. The number of carbonyl (C=O) groups excluding carboxylic acids is 2. The van der Waals surface area contributed by atoms with Crippen molar-refractivity contribution in [2.75, 3.05) is 0 Å². The van der Waals surface area contributed by atoms with Crippen LogP contribution in [0.1, 0.15) is 16.9 Å². The molecular formula is C19H14N2O4S. The fraction of sp³-hybridized carbons (Fsp3) is 0.105. The highest BCUT2D eigenvalue weighted by Gasteiger charge is 2.25. The van der Waals surface area contributed by atoms with Crippen LogP contribution < -0.4 is 5.32 Å². The van der Waals surface area contributed by atoms with E-state index in [0.717, 1.165) is 39.4 Å². The molecule has 26 heavy (non-hydrogen) atoms. The minimum absolute atomic E-state index is 0.00845. The van der Waals surface area contributed by atoms with Crippen molar-refractivity contribution in [1.29, 1.82) is 0 Å². The number of aromatic nitrogens is 1. The second-order valence-electron chi connectivity index (χ2n) is 5.91. The first kappa shape index (κ1) is 16.6. The van der Waals surface area contributed by atoms with E-state index in [-0.39, 0.29) is 11.8 Å². The molecule has 6 nitrogen and oxygen atoms in total. The van der Waals surface area contributed by atoms with E-state index in [1.165, 1.54) is 0 Å². The maximum absolute atomic E-state index is 11.7. The minimum atomic E-state index is -0.422. The largest absolute Gasteiger partial charge is 0.456 e. The van der Waals surface area contributed by atoms with E-state index >= 15 is 0 Å². The Morgan fingerprint density at radius 3 is 2.81 bits per heavy atom. The first-order chi connectivity index (χ1) is 12.5. The third kappa shape index (κ3) is 2.91. The molecule has 0 unspecified atom stereocenters. The highest BCUT2D eigenvalue weighted by molar-refractivity contribution is 8.18. The third-order valence-corrected chi connectivity index (χ3v) is 4.99. The average Bonchev–Trinajstić information content (AvgIpc) is 3.16. The van der Waals surface area contributed by atoms with E-state index in [0.29, 0.717) is 16.2 Å². The standard InChI is InChI=1S/C19H14N2O4S/c1-10-4-11(2-3-12(10)9-22)15-8-20-7-13-5-14(25-17(13)15)6-16-18(23)21-19(24)26-16/h2-8,22H,9H2,1H3,(H,21,23,24)/b16-6-. The maximum Gasteiger partial charge on any atom is 0.290 e. The van der Waals surface area contributed by atoms with Gasteiger partial charge in [0.15, 0.2) is 0 Å². The summed E-state index contributed by atoms with van der Waals surface area (Å²) in [5.41, 5.74) is 4.24. The number of nitrogens with zero attached hydrogens (tertiary/aromatic N) is 1. The van der Waals surface area contributed by atoms with Crippen molar-refractivity contribution in [3.8, 4) is 11.1 Å². The number of aryl methyl sites for hydroxylation is 1. The lowest BCUT2D eigenvalue weighted by molar-refractivity contribution is -0.115. The fourth-order valence-corrected chi connectivity index (χ4v) is 3.51. The number of nitrogens with one attached hydrogen (secondary N) is 1. The number of aliphatic hydroxyl groups is 1. The molecule has 4 rings (SSSR count). The van der Waals surface area contributed by atoms with Crippen LogP contribution >= 0.6 is 11.8 Å². The lowest BCUT2D eigenvalue weighted by atomic mass is 10.0. The number of imide groups is 1. The zero-order chi connectivity index (χ0) is 18.3. The zero-order valence-corrected chi connectivity index (χ0v) is 14.6. The number of hydrogen-bond donors (Lipinski definition) is 2. The number of benzene rings is 1. The molecule has 2 aromatic heterocycles. The molecular weight excluding hydrogens is 352 g/mol. The van der Waals surface area contributed by atoms with E-state index < -0.39 is 5.91 Å². The number of pyridine rings is 1. The van der Waals surface area contributed by atoms with Gasteiger partial charge >= 0.3 is 0 Å². The number of carbonyl (C=O) groups is 2. The van der Waals surface area contributed by atoms with Gasteiger partial charge < -0.3 is 9.52 Å². The lowest BCUT2D eigenvalue weighted by Crippen LogP contribution is -2.17. The highest BCUT2D eigenvalue weighted by Crippen LogP contribution is 2.33. The average molecular weight is 366 g/mol. The molecule has 0 atom stereocenters. The van der Waals surface area contributed by atoms with Crippen LogP contribution in [0, 0.1) is 6.92 Å². The Morgan fingerprint density at radius 1 is 1.27 bits per heavy atom. The summed E-state index contributed by atoms with van der Waals surface area (Å²) in [6.45, 7) is 1.93. The van der Waals surface area contributed by atoms with Crippen LogP contribution in [0.25, 0.3) is 28.2 Å². The summed E-state index contributed by atoms with van der Waals surface area (Å²) >= 11 is 0.847. The van der Waals surface area contributed by atoms with Crippen LogP contribution in [0.15, 0.2) is 46.0 Å². The predicted octanol–water partition coefficient (Wildman–Crippen LogP) is 3.62. The van der Waals surface area contributed by atoms with Crippen LogP contribution in [0.4, 0.5) is 4.79 Å². The van der Waals surface area contributed by atoms with E-state index in [2.05, 4.69) is 10.3 Å². The van der Waals surface area contributed by atoms with Gasteiger partial charge in [0.1, 0.15) is 11.3 Å². The van der Waals surface area contributed by atoms with Crippen molar-refractivity contribution >= 4 is 40.0 Å². The second-order valence-corrected chi connectivity index (χ2v) is 6.92. The van der Waals surface area contributed by atoms with Gasteiger partial charge in [-0.1, -0.05) is 18.2 Å². The normalized spacial score (nSPS) is 15.8. The molecule has 0 aliphatic carbocycles. The summed E-state index contributed by atoms with van der Waals surface area (Å²) in [5.74, 6) is 0.0549. The van der Waals surface area contributed by atoms with Gasteiger partial charge in [-0.3, -0.25) is 19.9 Å². The van der Waals surface area contributed by atoms with E-state index in [1.54, 1.807) is 24.5 Å². The quantitative estimate of drug-likeness (QED) is 0.688. The number of thioether (sulfide) groups is 1. The molecule has 3 aromatic rings. The molecule has 1 aliphatic heterocycles. The fourth-order valence-electron chi connectivity index (χ4n) is 2.85. The maximum atomic E-state index is 11.7. The summed E-state index contributed by atoms with van der Waals surface area (Å²) in [4.78, 5) is 27.5. The van der Waals surface area contributed by atoms with Gasteiger partial charge in [0, 0.05) is 29.4 Å². The van der Waals surface area contributed by atoms with E-state index in [9.17, 15) is 14.7 Å². The molecule has 1 fully saturated rings. The minimum Gasteiger partial charge on any atom is -0.456 e. The van der Waals surface area contributed by atoms with Gasteiger partial charge in [0.05, 0.1) is 11.5 Å². The first-order valence-corrected chi connectivity index (χ1v) is 8.70. The van der Waals surface area contributed by atoms with Crippen molar-refractivity contribution in [3.63, 3.8) is 0 Å². The number of fused-ring (bicyclic) bond motifs is 1. The van der Waals surface area contributed by atoms with Gasteiger partial charge in [-0.25, -0.2) is 0 Å². The Morgan fingerprint density at radius 2 is 2.12 bits per heavy atom. The van der Waals surface area contributed by atoms with Crippen LogP contribution in [0.5, 0.6) is 0 Å². The van der Waals surface area contributed by atoms with Gasteiger partial charge in [0.25, 0.3) is 11.1 Å². The monoisotopic (exact) mass is 366 g/mol. The van der Waals surface area contributed by atoms with Crippen LogP contribution in [0.2, 0.25) is 0 Å². The summed E-state index contributed by atoms with van der Waals surface area (Å²) < 4.78 is 5.93. The van der Waals surface area contributed by atoms with Crippen molar-refractivity contribution in [2.24, 2.45) is 0 Å². The summed E-state index contributed by atoms with van der Waals surface area (Å²) in [5, 5.41) is 12.0. The molecule has 1 aliphatic rings. The van der Waals surface area contributed by atoms with Crippen molar-refractivity contribution < 1.29 is 19.1 Å². The van der Waals surface area contributed by atoms with Crippen molar-refractivity contribution in [3.05, 3.63) is 58.5 Å². The smallest absolute Gasteiger partial charge is 0.290 e. The number of furan rings is 1. The molecule has 3 heterocycles. The number of rotatable bonds is 3. The number of amides is 2. The molecule has 130 valence electrons. The van der Waals surface area contributed by atoms with Gasteiger partial charge in [-0.05, 0) is 41.4 Å². The molecule has 1 aromatic carbocycles. The molecule has 0 spiro atoms. The van der Waals surface area contributed by atoms with Crippen molar-refractivity contribution in [1.82, 2.24) is 10.3 Å². The topological polar surface area (TPSA) is 92.4 Å². The van der Waals surface area contributed by atoms with Gasteiger partial charge in [0.2, 0.25) is 0 Å². The number of aliphatic hydroxyl groups excluding tert-OH is 1. The van der Waals surface area contributed by atoms with E-state index in [4.69, 9.17) is 4.42 Å². The lowest BCUT2D eigenvalue weighted by Gasteiger charge is -2.07. The molecule has 1 saturated heterocycles. The summed E-state index contributed by atoms with van der Waals surface area (Å²) in [7, 11) is 0. The summed E-state index contributed by atoms with van der Waals surface area (Å²) in [6, 6.07) is 7.54. The SMILES string of the molecule is Cc1cc(-c2cncc3cc(/C=C4\SC(=O)NC4=O)oc23)ccc1CO. The van der Waals surface area contributed by atoms with Crippen molar-refractivity contribution in [2.45, 2.75) is 13.5 Å². The predicted molar refractivity (Wildman–Crippen MR) is 99.2 cm³/mol. The number of hydrogen-bond acceptors (Lipinski definition) is 6. The van der Waals surface area contributed by atoms with E-state index in [1.807, 2.05) is 25.1 Å². The second kappa shape index (κ2) is 6.44. The van der Waals surface area contributed by atoms with Crippen LogP contribution in [-0.4, -0.2) is 21.2 Å². The van der Waals surface area contributed by atoms with Gasteiger partial charge in [-0.15, -0.1) is 0 Å². The Kier molecular flexibility index (Phi) is 4.10. The molecule has 0 radical (unpaired) electrons. The Balaban J connectivity index is 1.79. The van der Waals surface area contributed by atoms with Gasteiger partial charge in [-0.2, -0.15) is 0 Å². The molecule has 2 amide bonds. The highest BCUT2D eigenvalue weighted by atomic mass is 32.2. The molecule has 0 saturated carbocycles. The van der Waals surface area contributed by atoms with Crippen LogP contribution in [-0.2, 0) is 11.4 Å². The molecule has 7 heteroatoms. The Bertz CT molecular complexity index is 1080. The Labute approximate surface area is 152 Å². The molecule has 2 N–H and O–H groups in total. The van der Waals surface area contributed by atoms with Crippen LogP contribution in [0.3, 0.4) is 0 Å². The zero-order valence-electron chi connectivity index (χ0n) is 13.8. The Hall–Kier alpha value is -2.90. The first-order valence-electron chi connectivity index (χ1n) is 7.88. The summed E-state index contributed by atoms with van der Waals surface area (Å²) in [6.07, 6.45) is 4.96. The molecule has 0 bridgehead atoms.